The van der Waals surface area contributed by atoms with E-state index in [1.54, 1.807) is 17.9 Å². The molecule has 4 rings (SSSR count). The Kier molecular flexibility index (Phi) is 8.76. The van der Waals surface area contributed by atoms with Crippen LogP contribution in [0.3, 0.4) is 0 Å². The summed E-state index contributed by atoms with van der Waals surface area (Å²) in [5.41, 5.74) is -0.241. The molecule has 1 aromatic carbocycles. The highest BCUT2D eigenvalue weighted by Gasteiger charge is 2.77. The van der Waals surface area contributed by atoms with Gasteiger partial charge in [-0.1, -0.05) is 65.7 Å². The van der Waals surface area contributed by atoms with Crippen molar-refractivity contribution in [2.24, 2.45) is 11.8 Å². The molecule has 2 bridgehead atoms. The molecule has 1 spiro atoms. The molecule has 3 fully saturated rings. The lowest BCUT2D eigenvalue weighted by atomic mass is 9.70. The minimum Gasteiger partial charge on any atom is -0.466 e. The SMILES string of the molecule is C=CCN(CCCC)C(=O)[C@H]1N([C@@H](CO)Cc2ccccc2)C(=O)[C@@H]2[C@@H](C(=O)OCC)[C@@H]3O[C@@]21CC3Br. The summed E-state index contributed by atoms with van der Waals surface area (Å²) in [6, 6.07) is 7.96. The maximum atomic E-state index is 14.3. The number of aliphatic hydroxyl groups excluding tert-OH is 1. The quantitative estimate of drug-likeness (QED) is 0.233. The van der Waals surface area contributed by atoms with Gasteiger partial charge in [0.1, 0.15) is 11.6 Å². The van der Waals surface area contributed by atoms with E-state index >= 15 is 0 Å². The molecule has 3 heterocycles. The lowest BCUT2D eigenvalue weighted by molar-refractivity contribution is -0.156. The van der Waals surface area contributed by atoms with Gasteiger partial charge in [-0.3, -0.25) is 14.4 Å². The molecule has 0 saturated carbocycles. The van der Waals surface area contributed by atoms with E-state index in [-0.39, 0.29) is 29.9 Å². The average Bonchev–Trinajstić information content (AvgIpc) is 3.49. The van der Waals surface area contributed by atoms with Crippen molar-refractivity contribution in [1.29, 1.82) is 0 Å². The van der Waals surface area contributed by atoms with E-state index in [1.807, 2.05) is 30.3 Å². The van der Waals surface area contributed by atoms with Crippen LogP contribution >= 0.6 is 15.9 Å². The van der Waals surface area contributed by atoms with Gasteiger partial charge in [-0.15, -0.1) is 6.58 Å². The molecule has 1 unspecified atom stereocenters. The number of halogens is 1. The van der Waals surface area contributed by atoms with Crippen molar-refractivity contribution in [2.45, 2.75) is 68.1 Å². The molecule has 3 aliphatic heterocycles. The lowest BCUT2D eigenvalue weighted by Gasteiger charge is -2.39. The van der Waals surface area contributed by atoms with Crippen LogP contribution in [-0.4, -0.2) is 87.6 Å². The van der Waals surface area contributed by atoms with Crippen LogP contribution < -0.4 is 0 Å². The molecule has 3 aliphatic rings. The topological polar surface area (TPSA) is 96.4 Å². The number of rotatable bonds is 12. The number of ether oxygens (including phenoxy) is 2. The summed E-state index contributed by atoms with van der Waals surface area (Å²) >= 11 is 3.67. The zero-order valence-corrected chi connectivity index (χ0v) is 23.1. The average molecular weight is 578 g/mol. The van der Waals surface area contributed by atoms with E-state index in [1.165, 1.54) is 4.90 Å². The van der Waals surface area contributed by atoms with Gasteiger partial charge in [-0.2, -0.15) is 0 Å². The number of amides is 2. The van der Waals surface area contributed by atoms with Crippen LogP contribution in [0.25, 0.3) is 0 Å². The van der Waals surface area contributed by atoms with Gasteiger partial charge in [-0.25, -0.2) is 0 Å². The van der Waals surface area contributed by atoms with E-state index in [9.17, 15) is 19.5 Å². The molecule has 37 heavy (non-hydrogen) atoms. The molecule has 202 valence electrons. The van der Waals surface area contributed by atoms with Crippen LogP contribution in [0.5, 0.6) is 0 Å². The zero-order valence-electron chi connectivity index (χ0n) is 21.6. The summed E-state index contributed by atoms with van der Waals surface area (Å²) in [5, 5.41) is 10.5. The second kappa shape index (κ2) is 11.7. The molecule has 1 N–H and O–H groups in total. The van der Waals surface area contributed by atoms with Crippen LogP contribution in [0.15, 0.2) is 43.0 Å². The number of hydrogen-bond acceptors (Lipinski definition) is 6. The number of unbranched alkanes of at least 4 members (excludes halogenated alkanes) is 1. The fourth-order valence-electron chi connectivity index (χ4n) is 6.35. The molecule has 0 aliphatic carbocycles. The normalized spacial score (nSPS) is 30.8. The maximum absolute atomic E-state index is 14.3. The number of fused-ring (bicyclic) bond motifs is 1. The molecule has 2 amide bonds. The van der Waals surface area contributed by atoms with E-state index in [2.05, 4.69) is 29.4 Å². The number of hydrogen-bond donors (Lipinski definition) is 1. The summed E-state index contributed by atoms with van der Waals surface area (Å²) in [6.45, 7) is 8.32. The summed E-state index contributed by atoms with van der Waals surface area (Å²) in [4.78, 5) is 44.7. The molecule has 3 saturated heterocycles. The Morgan fingerprint density at radius 1 is 1.35 bits per heavy atom. The van der Waals surface area contributed by atoms with Crippen molar-refractivity contribution in [2.75, 3.05) is 26.3 Å². The van der Waals surface area contributed by atoms with Gasteiger partial charge in [0.2, 0.25) is 11.8 Å². The molecular weight excluding hydrogens is 540 g/mol. The molecule has 0 aromatic heterocycles. The fourth-order valence-corrected chi connectivity index (χ4v) is 7.30. The minimum absolute atomic E-state index is 0.187. The van der Waals surface area contributed by atoms with Gasteiger partial charge in [0.15, 0.2) is 0 Å². The number of carbonyl (C=O) groups excluding carboxylic acids is 3. The number of likely N-dealkylation sites (tertiary alicyclic amines) is 1. The number of aliphatic hydroxyl groups is 1. The van der Waals surface area contributed by atoms with Crippen LogP contribution in [0.4, 0.5) is 0 Å². The third kappa shape index (κ3) is 4.86. The lowest BCUT2D eigenvalue weighted by Crippen LogP contribution is -2.59. The Bertz CT molecular complexity index is 1010. The van der Waals surface area contributed by atoms with E-state index in [4.69, 9.17) is 9.47 Å². The minimum atomic E-state index is -1.18. The smallest absolute Gasteiger partial charge is 0.312 e. The second-order valence-electron chi connectivity index (χ2n) is 10.1. The first-order valence-electron chi connectivity index (χ1n) is 13.2. The monoisotopic (exact) mass is 576 g/mol. The number of carbonyl (C=O) groups is 3. The predicted molar refractivity (Wildman–Crippen MR) is 142 cm³/mol. The van der Waals surface area contributed by atoms with E-state index in [0.29, 0.717) is 25.9 Å². The number of alkyl halides is 1. The summed E-state index contributed by atoms with van der Waals surface area (Å²) in [6.07, 6.45) is 3.62. The molecule has 9 heteroatoms. The van der Waals surface area contributed by atoms with E-state index in [0.717, 1.165) is 18.4 Å². The van der Waals surface area contributed by atoms with Crippen LogP contribution in [0, 0.1) is 11.8 Å². The van der Waals surface area contributed by atoms with Crippen molar-refractivity contribution in [3.63, 3.8) is 0 Å². The van der Waals surface area contributed by atoms with Gasteiger partial charge in [0.05, 0.1) is 37.2 Å². The van der Waals surface area contributed by atoms with Gasteiger partial charge >= 0.3 is 5.97 Å². The van der Waals surface area contributed by atoms with Gasteiger partial charge in [0, 0.05) is 17.9 Å². The van der Waals surface area contributed by atoms with Crippen LogP contribution in [0.2, 0.25) is 0 Å². The van der Waals surface area contributed by atoms with Crippen LogP contribution in [0.1, 0.15) is 38.7 Å². The first kappa shape index (κ1) is 27.8. The Balaban J connectivity index is 1.79. The highest BCUT2D eigenvalue weighted by Crippen LogP contribution is 2.60. The van der Waals surface area contributed by atoms with Gasteiger partial charge < -0.3 is 24.4 Å². The number of esters is 1. The van der Waals surface area contributed by atoms with E-state index < -0.39 is 41.6 Å². The molecule has 8 nitrogen and oxygen atoms in total. The second-order valence-corrected chi connectivity index (χ2v) is 11.3. The van der Waals surface area contributed by atoms with Crippen molar-refractivity contribution in [3.05, 3.63) is 48.6 Å². The fraction of sp³-hybridized carbons (Fsp3) is 0.607. The predicted octanol–water partition coefficient (Wildman–Crippen LogP) is 2.72. The maximum Gasteiger partial charge on any atom is 0.312 e. The highest BCUT2D eigenvalue weighted by atomic mass is 79.9. The van der Waals surface area contributed by atoms with Gasteiger partial charge in [0.25, 0.3) is 0 Å². The highest BCUT2D eigenvalue weighted by molar-refractivity contribution is 9.09. The number of benzene rings is 1. The molecule has 0 radical (unpaired) electrons. The van der Waals surface area contributed by atoms with Gasteiger partial charge in [-0.05, 0) is 31.7 Å². The third-order valence-electron chi connectivity index (χ3n) is 7.88. The van der Waals surface area contributed by atoms with Crippen molar-refractivity contribution in [1.82, 2.24) is 9.80 Å². The first-order valence-corrected chi connectivity index (χ1v) is 14.1. The molecule has 1 aromatic rings. The zero-order chi connectivity index (χ0) is 26.7. The number of nitrogens with zero attached hydrogens (tertiary/aromatic N) is 2. The molecular formula is C28H37BrN2O6. The molecule has 7 atom stereocenters. The Hall–Kier alpha value is -2.23. The summed E-state index contributed by atoms with van der Waals surface area (Å²) < 4.78 is 11.9. The Morgan fingerprint density at radius 2 is 2.08 bits per heavy atom. The largest absolute Gasteiger partial charge is 0.466 e. The van der Waals surface area contributed by atoms with Crippen molar-refractivity contribution in [3.8, 4) is 0 Å². The summed E-state index contributed by atoms with van der Waals surface area (Å²) in [7, 11) is 0. The van der Waals surface area contributed by atoms with Crippen molar-refractivity contribution < 1.29 is 29.0 Å². The summed E-state index contributed by atoms with van der Waals surface area (Å²) in [5.74, 6) is -2.71. The Labute approximate surface area is 227 Å². The Morgan fingerprint density at radius 3 is 2.70 bits per heavy atom. The first-order chi connectivity index (χ1) is 17.8. The standard InChI is InChI=1S/C28H37BrN2O6/c1-4-7-14-30(13-5-2)26(34)24-28-16-20(29)23(37-28)21(27(35)36-6-3)22(28)25(33)31(24)19(17-32)15-18-11-9-8-10-12-18/h5,8-12,19-24,32H,2,4,6-7,13-17H2,1,3H3/t19-,20?,21-,22+,23-,24-,28+/m1/s1. The van der Waals surface area contributed by atoms with Crippen LogP contribution in [-0.2, 0) is 30.3 Å². The third-order valence-corrected chi connectivity index (χ3v) is 8.73. The van der Waals surface area contributed by atoms with Crippen molar-refractivity contribution >= 4 is 33.7 Å².